The molecule has 0 aromatic heterocycles. The summed E-state index contributed by atoms with van der Waals surface area (Å²) < 4.78 is 35.0. The molecule has 6 heteroatoms. The van der Waals surface area contributed by atoms with E-state index in [0.717, 1.165) is 4.31 Å². The van der Waals surface area contributed by atoms with Crippen molar-refractivity contribution in [2.75, 3.05) is 13.1 Å². The molecule has 0 aliphatic carbocycles. The van der Waals surface area contributed by atoms with Gasteiger partial charge in [-0.25, -0.2) is 18.1 Å². The summed E-state index contributed by atoms with van der Waals surface area (Å²) in [5.41, 5.74) is 0. The number of rotatable bonds is 1. The molecule has 1 aliphatic rings. The molecule has 2 N–H and O–H groups in total. The lowest BCUT2D eigenvalue weighted by Crippen LogP contribution is -2.57. The van der Waals surface area contributed by atoms with Gasteiger partial charge in [0.1, 0.15) is 0 Å². The molecule has 1 fully saturated rings. The zero-order valence-electron chi connectivity index (χ0n) is 4.51. The van der Waals surface area contributed by atoms with Crippen LogP contribution >= 0.6 is 0 Å². The minimum absolute atomic E-state index is 0.476. The van der Waals surface area contributed by atoms with Crippen molar-refractivity contribution in [1.29, 1.82) is 0 Å². The fourth-order valence-corrected chi connectivity index (χ4v) is 1.23. The minimum Gasteiger partial charge on any atom is -0.238 e. The average molecular weight is 156 g/mol. The van der Waals surface area contributed by atoms with Crippen LogP contribution < -0.4 is 5.14 Å². The lowest BCUT2D eigenvalue weighted by atomic mass is 10.2. The van der Waals surface area contributed by atoms with Gasteiger partial charge in [-0.05, 0) is 0 Å². The standard InChI is InChI=1S/C3H6F2N2OS/c4-3(5)1-7(2-3)9(6)8/h1-2,6H2. The van der Waals surface area contributed by atoms with E-state index < -0.39 is 30.2 Å². The highest BCUT2D eigenvalue weighted by Crippen LogP contribution is 2.26. The molecule has 3 nitrogen and oxygen atoms in total. The van der Waals surface area contributed by atoms with Crippen LogP contribution in [0, 0.1) is 0 Å². The first-order chi connectivity index (χ1) is 4.01. The number of hydrogen-bond donors (Lipinski definition) is 1. The fraction of sp³-hybridized carbons (Fsp3) is 1.00. The topological polar surface area (TPSA) is 46.3 Å². The molecule has 0 radical (unpaired) electrons. The van der Waals surface area contributed by atoms with E-state index in [0.29, 0.717) is 0 Å². The number of hydrogen-bond acceptors (Lipinski definition) is 1. The van der Waals surface area contributed by atoms with Crippen LogP contribution in [0.4, 0.5) is 8.78 Å². The molecular weight excluding hydrogens is 150 g/mol. The predicted octanol–water partition coefficient (Wildman–Crippen LogP) is -0.525. The molecule has 0 amide bonds. The van der Waals surface area contributed by atoms with E-state index in [9.17, 15) is 13.0 Å². The van der Waals surface area contributed by atoms with Crippen molar-refractivity contribution >= 4 is 11.2 Å². The second-order valence-corrected chi connectivity index (χ2v) is 3.00. The van der Waals surface area contributed by atoms with Crippen molar-refractivity contribution < 1.29 is 13.0 Å². The molecule has 1 rings (SSSR count). The molecule has 0 bridgehead atoms. The molecule has 0 aromatic rings. The largest absolute Gasteiger partial charge is 0.275 e. The summed E-state index contributed by atoms with van der Waals surface area (Å²) in [6.45, 7) is -0.952. The third kappa shape index (κ3) is 1.44. The van der Waals surface area contributed by atoms with E-state index in [4.69, 9.17) is 5.14 Å². The quantitative estimate of drug-likeness (QED) is 0.545. The lowest BCUT2D eigenvalue weighted by Gasteiger charge is -2.35. The van der Waals surface area contributed by atoms with Gasteiger partial charge in [-0.1, -0.05) is 0 Å². The van der Waals surface area contributed by atoms with Crippen LogP contribution in [0.1, 0.15) is 0 Å². The van der Waals surface area contributed by atoms with Crippen LogP contribution in [0.5, 0.6) is 0 Å². The van der Waals surface area contributed by atoms with Crippen molar-refractivity contribution in [2.24, 2.45) is 5.14 Å². The van der Waals surface area contributed by atoms with Gasteiger partial charge in [0.25, 0.3) is 5.92 Å². The van der Waals surface area contributed by atoms with Crippen LogP contribution in [0.15, 0.2) is 0 Å². The number of halogens is 2. The van der Waals surface area contributed by atoms with Gasteiger partial charge >= 0.3 is 0 Å². The molecule has 54 valence electrons. The van der Waals surface area contributed by atoms with Gasteiger partial charge in [-0.15, -0.1) is 0 Å². The Labute approximate surface area is 53.5 Å². The molecule has 1 heterocycles. The van der Waals surface area contributed by atoms with Crippen molar-refractivity contribution in [3.63, 3.8) is 0 Å². The summed E-state index contributed by atoms with van der Waals surface area (Å²) in [6.07, 6.45) is 0. The maximum Gasteiger partial charge on any atom is 0.275 e. The Morgan fingerprint density at radius 2 is 2.00 bits per heavy atom. The molecule has 0 saturated carbocycles. The van der Waals surface area contributed by atoms with Crippen LogP contribution in [0.25, 0.3) is 0 Å². The van der Waals surface area contributed by atoms with Crippen molar-refractivity contribution in [3.05, 3.63) is 0 Å². The summed E-state index contributed by atoms with van der Waals surface area (Å²) in [4.78, 5) is 0. The molecule has 1 atom stereocenters. The van der Waals surface area contributed by atoms with Gasteiger partial charge in [0.2, 0.25) is 0 Å². The summed E-state index contributed by atoms with van der Waals surface area (Å²) >= 11 is -1.72. The zero-order chi connectivity index (χ0) is 7.07. The normalized spacial score (nSPS) is 29.2. The molecule has 0 spiro atoms. The third-order valence-corrected chi connectivity index (χ3v) is 1.84. The highest BCUT2D eigenvalue weighted by Gasteiger charge is 2.45. The molecule has 0 aromatic carbocycles. The fourth-order valence-electron chi connectivity index (χ4n) is 0.597. The Bertz CT molecular complexity index is 143. The molecule has 1 saturated heterocycles. The predicted molar refractivity (Wildman–Crippen MR) is 28.8 cm³/mol. The van der Waals surface area contributed by atoms with E-state index in [-0.39, 0.29) is 0 Å². The Morgan fingerprint density at radius 1 is 1.56 bits per heavy atom. The SMILES string of the molecule is NS(=O)N1CC(F)(F)C1. The van der Waals surface area contributed by atoms with E-state index >= 15 is 0 Å². The van der Waals surface area contributed by atoms with Crippen LogP contribution in [0.2, 0.25) is 0 Å². The van der Waals surface area contributed by atoms with Gasteiger partial charge in [-0.3, -0.25) is 0 Å². The minimum atomic E-state index is -2.67. The second kappa shape index (κ2) is 1.96. The van der Waals surface area contributed by atoms with E-state index in [1.807, 2.05) is 0 Å². The molecule has 1 unspecified atom stereocenters. The number of nitrogens with two attached hydrogens (primary N) is 1. The Balaban J connectivity index is 2.35. The number of nitrogens with zero attached hydrogens (tertiary/aromatic N) is 1. The van der Waals surface area contributed by atoms with Crippen molar-refractivity contribution in [2.45, 2.75) is 5.92 Å². The molecule has 1 aliphatic heterocycles. The first kappa shape index (κ1) is 7.04. The zero-order valence-corrected chi connectivity index (χ0v) is 5.33. The van der Waals surface area contributed by atoms with Gasteiger partial charge in [0, 0.05) is 0 Å². The van der Waals surface area contributed by atoms with Crippen molar-refractivity contribution in [1.82, 2.24) is 4.31 Å². The Hall–Kier alpha value is -0.0700. The second-order valence-electron chi connectivity index (χ2n) is 1.93. The summed E-state index contributed by atoms with van der Waals surface area (Å²) in [6, 6.07) is 0. The molecular formula is C3H6F2N2OS. The van der Waals surface area contributed by atoms with Gasteiger partial charge in [-0.2, -0.15) is 4.31 Å². The first-order valence-electron chi connectivity index (χ1n) is 2.30. The Kier molecular flexibility index (Phi) is 1.54. The maximum absolute atomic E-state index is 11.9. The smallest absolute Gasteiger partial charge is 0.238 e. The van der Waals surface area contributed by atoms with E-state index in [1.54, 1.807) is 0 Å². The van der Waals surface area contributed by atoms with Crippen LogP contribution in [-0.4, -0.2) is 27.5 Å². The van der Waals surface area contributed by atoms with Crippen LogP contribution in [0.3, 0.4) is 0 Å². The first-order valence-corrected chi connectivity index (χ1v) is 3.47. The van der Waals surface area contributed by atoms with Gasteiger partial charge < -0.3 is 0 Å². The summed E-state index contributed by atoms with van der Waals surface area (Å²) in [5, 5.41) is 4.78. The summed E-state index contributed by atoms with van der Waals surface area (Å²) in [5.74, 6) is -2.67. The maximum atomic E-state index is 11.9. The highest BCUT2D eigenvalue weighted by atomic mass is 32.2. The molecule has 9 heavy (non-hydrogen) atoms. The highest BCUT2D eigenvalue weighted by molar-refractivity contribution is 7.80. The van der Waals surface area contributed by atoms with E-state index in [2.05, 4.69) is 0 Å². The van der Waals surface area contributed by atoms with Crippen LogP contribution in [-0.2, 0) is 11.2 Å². The van der Waals surface area contributed by atoms with Crippen molar-refractivity contribution in [3.8, 4) is 0 Å². The lowest BCUT2D eigenvalue weighted by molar-refractivity contribution is -0.0926. The van der Waals surface area contributed by atoms with E-state index in [1.165, 1.54) is 0 Å². The third-order valence-electron chi connectivity index (χ3n) is 1.07. The monoisotopic (exact) mass is 156 g/mol. The van der Waals surface area contributed by atoms with Gasteiger partial charge in [0.05, 0.1) is 13.1 Å². The Morgan fingerprint density at radius 3 is 2.11 bits per heavy atom. The summed E-state index contributed by atoms with van der Waals surface area (Å²) in [7, 11) is 0. The average Bonchev–Trinajstić information content (AvgIpc) is 1.59. The van der Waals surface area contributed by atoms with Gasteiger partial charge in [0.15, 0.2) is 11.2 Å². The number of alkyl halides is 2.